The molecule has 0 N–H and O–H groups in total. The summed E-state index contributed by atoms with van der Waals surface area (Å²) >= 11 is 0. The summed E-state index contributed by atoms with van der Waals surface area (Å²) in [6, 6.07) is 6.01. The first-order valence-corrected chi connectivity index (χ1v) is 10.8. The molecule has 0 spiro atoms. The molecule has 168 valence electrons. The van der Waals surface area contributed by atoms with Crippen LogP contribution in [0, 0.1) is 12.8 Å². The van der Waals surface area contributed by atoms with Gasteiger partial charge in [-0.3, -0.25) is 14.6 Å². The fourth-order valence-electron chi connectivity index (χ4n) is 4.06. The molecule has 2 aliphatic heterocycles. The topological polar surface area (TPSA) is 88.1 Å². The molecule has 3 heterocycles. The number of carbonyl (C=O) groups is 3. The molecule has 0 radical (unpaired) electrons. The number of carbonyl (C=O) groups excluding carboxylic acids is 3. The molecule has 0 bridgehead atoms. The van der Waals surface area contributed by atoms with Gasteiger partial charge in [-0.2, -0.15) is 4.57 Å². The summed E-state index contributed by atoms with van der Waals surface area (Å²) in [6.07, 6.45) is 2.62. The van der Waals surface area contributed by atoms with Gasteiger partial charge in [-0.1, -0.05) is 18.8 Å². The van der Waals surface area contributed by atoms with Crippen molar-refractivity contribution in [2.24, 2.45) is 10.9 Å². The van der Waals surface area contributed by atoms with Gasteiger partial charge >= 0.3 is 17.9 Å². The Bertz CT molecular complexity index is 1120. The lowest BCUT2D eigenvalue weighted by molar-refractivity contribution is -0.676. The zero-order valence-electron chi connectivity index (χ0n) is 19.0. The zero-order chi connectivity index (χ0) is 23.2. The van der Waals surface area contributed by atoms with E-state index in [-0.39, 0.29) is 17.9 Å². The molecule has 9 nitrogen and oxygen atoms in total. The van der Waals surface area contributed by atoms with Crippen molar-refractivity contribution in [3.8, 4) is 5.69 Å². The number of amidine groups is 1. The first kappa shape index (κ1) is 21.7. The van der Waals surface area contributed by atoms with E-state index in [1.807, 2.05) is 34.4 Å². The minimum absolute atomic E-state index is 0.258. The van der Waals surface area contributed by atoms with Gasteiger partial charge in [0, 0.05) is 13.6 Å². The molecule has 32 heavy (non-hydrogen) atoms. The molecule has 1 unspecified atom stereocenters. The minimum Gasteiger partial charge on any atom is -0.462 e. The minimum atomic E-state index is -0.668. The summed E-state index contributed by atoms with van der Waals surface area (Å²) in [5.41, 5.74) is 2.14. The monoisotopic (exact) mass is 438 g/mol. The van der Waals surface area contributed by atoms with Crippen LogP contribution in [0.5, 0.6) is 0 Å². The maximum atomic E-state index is 13.3. The number of aromatic nitrogens is 2. The van der Waals surface area contributed by atoms with Gasteiger partial charge in [-0.25, -0.2) is 14.2 Å². The number of aliphatic imine (C=N–C) groups is 1. The number of hydrogen-bond acceptors (Lipinski definition) is 5. The summed E-state index contributed by atoms with van der Waals surface area (Å²) < 4.78 is 8.77. The van der Waals surface area contributed by atoms with Gasteiger partial charge in [0.05, 0.1) is 12.2 Å². The Morgan fingerprint density at radius 3 is 2.53 bits per heavy atom. The second kappa shape index (κ2) is 8.22. The zero-order valence-corrected chi connectivity index (χ0v) is 19.0. The number of nitrogens with zero attached hydrogens (tertiary/aromatic N) is 5. The summed E-state index contributed by atoms with van der Waals surface area (Å²) in [6.45, 7) is 8.52. The van der Waals surface area contributed by atoms with E-state index in [1.54, 1.807) is 26.1 Å². The maximum Gasteiger partial charge on any atom is 0.406 e. The lowest BCUT2D eigenvalue weighted by atomic mass is 10.1. The van der Waals surface area contributed by atoms with Gasteiger partial charge in [0.15, 0.2) is 0 Å². The van der Waals surface area contributed by atoms with Crippen LogP contribution in [0.25, 0.3) is 5.69 Å². The smallest absolute Gasteiger partial charge is 0.406 e. The first-order chi connectivity index (χ1) is 15.2. The lowest BCUT2D eigenvalue weighted by Crippen LogP contribution is -2.62. The highest BCUT2D eigenvalue weighted by atomic mass is 16.5. The van der Waals surface area contributed by atoms with Crippen LogP contribution in [0.4, 0.5) is 10.7 Å². The van der Waals surface area contributed by atoms with E-state index in [1.165, 1.54) is 9.80 Å². The van der Waals surface area contributed by atoms with Crippen molar-refractivity contribution >= 4 is 29.7 Å². The van der Waals surface area contributed by atoms with E-state index in [9.17, 15) is 14.4 Å². The van der Waals surface area contributed by atoms with Crippen molar-refractivity contribution in [1.82, 2.24) is 14.4 Å². The number of ether oxygens (including phenoxy) is 1. The number of imide groups is 1. The van der Waals surface area contributed by atoms with Crippen LogP contribution in [0.1, 0.15) is 49.3 Å². The Hall–Kier alpha value is -3.49. The Kier molecular flexibility index (Phi) is 5.58. The first-order valence-electron chi connectivity index (χ1n) is 10.8. The number of benzene rings is 1. The van der Waals surface area contributed by atoms with Crippen LogP contribution < -0.4 is 4.57 Å². The van der Waals surface area contributed by atoms with E-state index in [0.717, 1.165) is 17.8 Å². The third kappa shape index (κ3) is 3.47. The van der Waals surface area contributed by atoms with Crippen molar-refractivity contribution in [2.45, 2.75) is 40.2 Å². The number of rotatable bonds is 6. The maximum absolute atomic E-state index is 13.3. The van der Waals surface area contributed by atoms with Crippen LogP contribution in [-0.4, -0.2) is 58.3 Å². The second-order valence-electron chi connectivity index (χ2n) is 8.47. The average molecular weight is 439 g/mol. The van der Waals surface area contributed by atoms with Crippen molar-refractivity contribution in [1.29, 1.82) is 0 Å². The predicted octanol–water partition coefficient (Wildman–Crippen LogP) is 2.77. The summed E-state index contributed by atoms with van der Waals surface area (Å²) in [4.78, 5) is 45.5. The summed E-state index contributed by atoms with van der Waals surface area (Å²) in [5, 5.41) is 0. The van der Waals surface area contributed by atoms with Gasteiger partial charge in [0.1, 0.15) is 17.6 Å². The highest BCUT2D eigenvalue weighted by Crippen LogP contribution is 2.31. The van der Waals surface area contributed by atoms with Crippen LogP contribution in [0.3, 0.4) is 0 Å². The highest BCUT2D eigenvalue weighted by Gasteiger charge is 2.53. The molecule has 1 saturated heterocycles. The molecule has 0 aliphatic carbocycles. The average Bonchev–Trinajstić information content (AvgIpc) is 3.26. The Morgan fingerprint density at radius 1 is 1.22 bits per heavy atom. The third-order valence-corrected chi connectivity index (χ3v) is 5.77. The molecule has 3 amide bonds. The highest BCUT2D eigenvalue weighted by molar-refractivity contribution is 6.19. The number of esters is 1. The summed E-state index contributed by atoms with van der Waals surface area (Å²) in [7, 11) is 1.65. The van der Waals surface area contributed by atoms with Crippen LogP contribution in [0.2, 0.25) is 0 Å². The molecule has 0 saturated carbocycles. The number of amides is 3. The van der Waals surface area contributed by atoms with E-state index in [2.05, 4.69) is 18.8 Å². The number of fused-ring (bicyclic) bond motifs is 3. The molecule has 1 fully saturated rings. The number of likely N-dealkylation sites (N-methyl/N-ethyl adjacent to an activating group) is 1. The normalized spacial score (nSPS) is 17.6. The molecule has 4 rings (SSSR count). The van der Waals surface area contributed by atoms with Crippen molar-refractivity contribution in [2.75, 3.05) is 20.2 Å². The van der Waals surface area contributed by atoms with Crippen molar-refractivity contribution < 1.29 is 23.7 Å². The Balaban J connectivity index is 1.70. The van der Waals surface area contributed by atoms with Crippen molar-refractivity contribution in [3.63, 3.8) is 0 Å². The lowest BCUT2D eigenvalue weighted by Gasteiger charge is -2.33. The SMILES string of the molecule is CCOC(=O)c1ccc(-n2c(C)c[n+]3c2N=C2C3C(=O)N(CCC(C)C)C(=O)N2C)cc1. The molecule has 1 aromatic carbocycles. The van der Waals surface area contributed by atoms with E-state index >= 15 is 0 Å². The van der Waals surface area contributed by atoms with Crippen LogP contribution in [-0.2, 0) is 9.53 Å². The Labute approximate surface area is 186 Å². The fraction of sp³-hybridized carbons (Fsp3) is 0.435. The number of imidazole rings is 1. The molecular weight excluding hydrogens is 410 g/mol. The molecule has 1 atom stereocenters. The van der Waals surface area contributed by atoms with Gasteiger partial charge < -0.3 is 4.74 Å². The molecule has 2 aromatic rings. The Morgan fingerprint density at radius 2 is 1.91 bits per heavy atom. The van der Waals surface area contributed by atoms with Gasteiger partial charge in [-0.15, -0.1) is 0 Å². The van der Waals surface area contributed by atoms with E-state index in [0.29, 0.717) is 36.4 Å². The standard InChI is InChI=1S/C23H28N5O4/c1-6-32-21(30)16-7-9-17(10-8-16)28-15(4)13-27-18-19(24-22(27)28)25(5)23(31)26(20(18)29)12-11-14(2)3/h7-10,13-14,18H,6,11-12H2,1-5H3/q+1. The predicted molar refractivity (Wildman–Crippen MR) is 117 cm³/mol. The van der Waals surface area contributed by atoms with Gasteiger partial charge in [0.2, 0.25) is 11.9 Å². The second-order valence-corrected chi connectivity index (χ2v) is 8.47. The van der Waals surface area contributed by atoms with Crippen molar-refractivity contribution in [3.05, 3.63) is 41.7 Å². The third-order valence-electron chi connectivity index (χ3n) is 5.77. The number of aryl methyl sites for hydroxylation is 1. The fourth-order valence-corrected chi connectivity index (χ4v) is 4.06. The van der Waals surface area contributed by atoms with E-state index in [4.69, 9.17) is 4.74 Å². The quantitative estimate of drug-likeness (QED) is 0.513. The molecular formula is C23H28N5O4+. The van der Waals surface area contributed by atoms with E-state index < -0.39 is 6.04 Å². The number of urea groups is 1. The van der Waals surface area contributed by atoms with Gasteiger partial charge in [-0.05, 0) is 50.5 Å². The number of hydrogen-bond donors (Lipinski definition) is 0. The largest absolute Gasteiger partial charge is 0.462 e. The van der Waals surface area contributed by atoms with Crippen LogP contribution >= 0.6 is 0 Å². The molecule has 2 aliphatic rings. The summed E-state index contributed by atoms with van der Waals surface area (Å²) in [5.74, 6) is 0.730. The van der Waals surface area contributed by atoms with Gasteiger partial charge in [0.25, 0.3) is 5.91 Å². The molecule has 1 aromatic heterocycles. The van der Waals surface area contributed by atoms with Crippen LogP contribution in [0.15, 0.2) is 35.5 Å². The molecule has 9 heteroatoms.